The van der Waals surface area contributed by atoms with Gasteiger partial charge in [-0.05, 0) is 19.9 Å². The zero-order valence-corrected chi connectivity index (χ0v) is 11.9. The fraction of sp³-hybridized carbons (Fsp3) is 0.571. The lowest BCUT2D eigenvalue weighted by atomic mass is 10.1. The van der Waals surface area contributed by atoms with Gasteiger partial charge in [-0.3, -0.25) is 4.79 Å². The van der Waals surface area contributed by atoms with Crippen molar-refractivity contribution in [3.05, 3.63) is 30.1 Å². The number of aliphatic hydroxyl groups is 1. The molecule has 1 aromatic rings. The fourth-order valence-electron chi connectivity index (χ4n) is 2.84. The van der Waals surface area contributed by atoms with Gasteiger partial charge in [0.15, 0.2) is 24.3 Å². The van der Waals surface area contributed by atoms with E-state index < -0.39 is 24.0 Å². The van der Waals surface area contributed by atoms with Gasteiger partial charge in [0.25, 0.3) is 12.1 Å². The minimum absolute atomic E-state index is 0.160. The third-order valence-electron chi connectivity index (χ3n) is 3.71. The Bertz CT molecular complexity index is 562. The Hall–Kier alpha value is -1.54. The molecule has 1 amide bonds. The number of carbonyl (C=O) groups excluding carboxylic acids is 1. The number of fused-ring (bicyclic) bond motifs is 1. The van der Waals surface area contributed by atoms with Crippen molar-refractivity contribution in [2.24, 2.45) is 5.73 Å². The van der Waals surface area contributed by atoms with E-state index in [2.05, 4.69) is 0 Å². The molecular formula is C14H19N2O5+. The first-order valence-electron chi connectivity index (χ1n) is 6.84. The van der Waals surface area contributed by atoms with Crippen LogP contribution in [-0.4, -0.2) is 41.7 Å². The third kappa shape index (κ3) is 2.53. The Morgan fingerprint density at radius 2 is 2.14 bits per heavy atom. The maximum atomic E-state index is 11.3. The molecule has 3 heterocycles. The van der Waals surface area contributed by atoms with E-state index in [-0.39, 0.29) is 18.8 Å². The second-order valence-electron chi connectivity index (χ2n) is 5.72. The lowest BCUT2D eigenvalue weighted by molar-refractivity contribution is -0.766. The molecule has 0 saturated carbocycles. The van der Waals surface area contributed by atoms with Crippen molar-refractivity contribution in [3.63, 3.8) is 0 Å². The van der Waals surface area contributed by atoms with E-state index in [9.17, 15) is 9.90 Å². The summed E-state index contributed by atoms with van der Waals surface area (Å²) in [5.74, 6) is -1.24. The van der Waals surface area contributed by atoms with Gasteiger partial charge in [0.05, 0.1) is 6.61 Å². The molecule has 0 spiro atoms. The van der Waals surface area contributed by atoms with Crippen LogP contribution in [0.4, 0.5) is 0 Å². The van der Waals surface area contributed by atoms with E-state index in [0.717, 1.165) is 0 Å². The molecule has 3 N–H and O–H groups in total. The summed E-state index contributed by atoms with van der Waals surface area (Å²) in [6.07, 6.45) is 1.73. The maximum Gasteiger partial charge on any atom is 0.292 e. The van der Waals surface area contributed by atoms with Crippen molar-refractivity contribution in [2.75, 3.05) is 6.61 Å². The monoisotopic (exact) mass is 295 g/mol. The third-order valence-corrected chi connectivity index (χ3v) is 3.71. The average molecular weight is 295 g/mol. The number of nitrogens with zero attached hydrogens (tertiary/aromatic N) is 1. The van der Waals surface area contributed by atoms with Gasteiger partial charge in [-0.25, -0.2) is 0 Å². The van der Waals surface area contributed by atoms with Crippen molar-refractivity contribution < 1.29 is 28.7 Å². The Morgan fingerprint density at radius 3 is 2.81 bits per heavy atom. The summed E-state index contributed by atoms with van der Waals surface area (Å²) in [6, 6.07) is 3.34. The van der Waals surface area contributed by atoms with Crippen molar-refractivity contribution in [3.8, 4) is 0 Å². The fourth-order valence-corrected chi connectivity index (χ4v) is 2.84. The van der Waals surface area contributed by atoms with Crippen LogP contribution in [0, 0.1) is 0 Å². The van der Waals surface area contributed by atoms with Crippen molar-refractivity contribution in [2.45, 2.75) is 44.2 Å². The minimum Gasteiger partial charge on any atom is -0.394 e. The van der Waals surface area contributed by atoms with Crippen LogP contribution in [0.15, 0.2) is 24.5 Å². The van der Waals surface area contributed by atoms with E-state index in [4.69, 9.17) is 19.9 Å². The molecule has 4 unspecified atom stereocenters. The zero-order valence-electron chi connectivity index (χ0n) is 11.9. The summed E-state index contributed by atoms with van der Waals surface area (Å²) in [6.45, 7) is 3.48. The van der Waals surface area contributed by atoms with Gasteiger partial charge in [-0.15, -0.1) is 0 Å². The van der Waals surface area contributed by atoms with E-state index in [1.54, 1.807) is 29.1 Å². The number of hydrogen-bond acceptors (Lipinski definition) is 5. The van der Waals surface area contributed by atoms with Crippen molar-refractivity contribution in [1.29, 1.82) is 0 Å². The molecule has 1 aromatic heterocycles. The average Bonchev–Trinajstić information content (AvgIpc) is 2.91. The molecule has 7 nitrogen and oxygen atoms in total. The lowest BCUT2D eigenvalue weighted by Gasteiger charge is -2.21. The number of primary amides is 1. The van der Waals surface area contributed by atoms with Gasteiger partial charge < -0.3 is 25.1 Å². The van der Waals surface area contributed by atoms with E-state index >= 15 is 0 Å². The Balaban J connectivity index is 1.92. The molecule has 2 saturated heterocycles. The van der Waals surface area contributed by atoms with Crippen LogP contribution in [-0.2, 0) is 14.2 Å². The Morgan fingerprint density at radius 1 is 1.43 bits per heavy atom. The summed E-state index contributed by atoms with van der Waals surface area (Å²) in [5, 5.41) is 9.45. The van der Waals surface area contributed by atoms with E-state index in [0.29, 0.717) is 5.56 Å². The Labute approximate surface area is 122 Å². The summed E-state index contributed by atoms with van der Waals surface area (Å²) in [4.78, 5) is 11.3. The van der Waals surface area contributed by atoms with Gasteiger partial charge in [0.1, 0.15) is 17.8 Å². The lowest BCUT2D eigenvalue weighted by Crippen LogP contribution is -2.46. The van der Waals surface area contributed by atoms with Gasteiger partial charge >= 0.3 is 0 Å². The number of nitrogens with two attached hydrogens (primary N) is 1. The van der Waals surface area contributed by atoms with Crippen LogP contribution >= 0.6 is 0 Å². The normalized spacial score (nSPS) is 33.9. The first-order chi connectivity index (χ1) is 9.91. The predicted molar refractivity (Wildman–Crippen MR) is 70.0 cm³/mol. The van der Waals surface area contributed by atoms with Gasteiger partial charge in [-0.1, -0.05) is 0 Å². The first-order valence-corrected chi connectivity index (χ1v) is 6.84. The summed E-state index contributed by atoms with van der Waals surface area (Å²) < 4.78 is 19.2. The molecule has 21 heavy (non-hydrogen) atoms. The number of pyridine rings is 1. The van der Waals surface area contributed by atoms with E-state index in [1.165, 1.54) is 0 Å². The highest BCUT2D eigenvalue weighted by molar-refractivity contribution is 5.92. The Kier molecular flexibility index (Phi) is 3.45. The second-order valence-corrected chi connectivity index (χ2v) is 5.72. The number of hydrogen-bond donors (Lipinski definition) is 2. The molecule has 2 fully saturated rings. The van der Waals surface area contributed by atoms with Crippen LogP contribution in [0.5, 0.6) is 0 Å². The number of aliphatic hydroxyl groups excluding tert-OH is 1. The highest BCUT2D eigenvalue weighted by Gasteiger charge is 2.58. The highest BCUT2D eigenvalue weighted by atomic mass is 16.8. The van der Waals surface area contributed by atoms with Crippen LogP contribution in [0.25, 0.3) is 0 Å². The molecular weight excluding hydrogens is 276 g/mol. The summed E-state index contributed by atoms with van der Waals surface area (Å²) in [5.41, 5.74) is 5.67. The summed E-state index contributed by atoms with van der Waals surface area (Å²) in [7, 11) is 0. The molecule has 2 aliphatic rings. The maximum absolute atomic E-state index is 11.3. The van der Waals surface area contributed by atoms with Gasteiger partial charge in [0, 0.05) is 6.07 Å². The number of rotatable bonds is 3. The standard InChI is InChI=1S/C14H18N2O5/c1-14(2)20-10-9(7-17)19-13(11(10)21-14)16-5-3-4-8(6-16)12(15)18/h3-6,9-11,13,17H,7H2,1-2H3,(H-,15,18)/p+1. The number of ether oxygens (including phenoxy) is 3. The SMILES string of the molecule is CC1(C)OC2C(CO)OC([n+]3cccc(C(N)=O)c3)C2O1. The summed E-state index contributed by atoms with van der Waals surface area (Å²) >= 11 is 0. The second kappa shape index (κ2) is 5.03. The predicted octanol–water partition coefficient (Wildman–Crippen LogP) is -0.517. The molecule has 7 heteroatoms. The molecule has 0 aromatic carbocycles. The number of carbonyl (C=O) groups is 1. The molecule has 0 aliphatic carbocycles. The number of aromatic nitrogens is 1. The van der Waals surface area contributed by atoms with Gasteiger partial charge in [0.2, 0.25) is 0 Å². The highest BCUT2D eigenvalue weighted by Crippen LogP contribution is 2.40. The minimum atomic E-state index is -0.730. The molecule has 0 bridgehead atoms. The molecule has 114 valence electrons. The van der Waals surface area contributed by atoms with Crippen LogP contribution in [0.3, 0.4) is 0 Å². The van der Waals surface area contributed by atoms with E-state index in [1.807, 2.05) is 13.8 Å². The number of amides is 1. The zero-order chi connectivity index (χ0) is 15.2. The van der Waals surface area contributed by atoms with Gasteiger partial charge in [-0.2, -0.15) is 4.57 Å². The quantitative estimate of drug-likeness (QED) is 0.732. The van der Waals surface area contributed by atoms with Crippen molar-refractivity contribution in [1.82, 2.24) is 0 Å². The smallest absolute Gasteiger partial charge is 0.292 e. The van der Waals surface area contributed by atoms with Crippen LogP contribution in [0.2, 0.25) is 0 Å². The molecule has 2 aliphatic heterocycles. The van der Waals surface area contributed by atoms with Crippen LogP contribution in [0.1, 0.15) is 30.4 Å². The first kappa shape index (κ1) is 14.4. The van der Waals surface area contributed by atoms with Crippen molar-refractivity contribution >= 4 is 5.91 Å². The molecule has 4 atom stereocenters. The topological polar surface area (TPSA) is 94.9 Å². The molecule has 3 rings (SSSR count). The van der Waals surface area contributed by atoms with Crippen LogP contribution < -0.4 is 10.3 Å². The molecule has 0 radical (unpaired) electrons. The largest absolute Gasteiger partial charge is 0.394 e.